The topological polar surface area (TPSA) is 95.6 Å². The van der Waals surface area contributed by atoms with Crippen molar-refractivity contribution in [2.24, 2.45) is 20.0 Å². The van der Waals surface area contributed by atoms with Gasteiger partial charge in [-0.15, -0.1) is 0 Å². The second-order valence-corrected chi connectivity index (χ2v) is 10.6. The average Bonchev–Trinajstić information content (AvgIpc) is 3.38. The number of halogens is 7. The number of ether oxygens (including phenoxy) is 2. The monoisotopic (exact) mass is 629 g/mol. The van der Waals surface area contributed by atoms with Crippen molar-refractivity contribution in [3.05, 3.63) is 86.4 Å². The van der Waals surface area contributed by atoms with E-state index in [1.807, 2.05) is 0 Å². The number of nitrogens with zero attached hydrogens (tertiary/aromatic N) is 3. The molecule has 3 heterocycles. The molecular weight excluding hydrogens is 608 g/mol. The van der Waals surface area contributed by atoms with Gasteiger partial charge >= 0.3 is 24.0 Å². The zero-order valence-electron chi connectivity index (χ0n) is 22.5. The van der Waals surface area contributed by atoms with Gasteiger partial charge in [0.05, 0.1) is 28.8 Å². The minimum Gasteiger partial charge on any atom is -0.478 e. The van der Waals surface area contributed by atoms with Crippen molar-refractivity contribution in [2.45, 2.75) is 30.8 Å². The summed E-state index contributed by atoms with van der Waals surface area (Å²) in [5, 5.41) is 9.01. The first-order valence-electron chi connectivity index (χ1n) is 12.6. The van der Waals surface area contributed by atoms with Gasteiger partial charge in [-0.3, -0.25) is 9.13 Å². The lowest BCUT2D eigenvalue weighted by atomic mass is 9.75. The maximum atomic E-state index is 14.9. The highest BCUT2D eigenvalue weighted by Gasteiger charge is 2.65. The number of hydrogen-bond acceptors (Lipinski definition) is 5. The quantitative estimate of drug-likeness (QED) is 0.249. The number of carbonyl (C=O) groups is 1. The number of rotatable bonds is 5. The third-order valence-corrected chi connectivity index (χ3v) is 8.19. The van der Waals surface area contributed by atoms with Crippen molar-refractivity contribution in [3.8, 4) is 11.6 Å². The molecule has 228 valence electrons. The van der Waals surface area contributed by atoms with Crippen LogP contribution in [0.3, 0.4) is 0 Å². The van der Waals surface area contributed by atoms with Crippen molar-refractivity contribution in [2.75, 3.05) is 6.61 Å². The highest BCUT2D eigenvalue weighted by Crippen LogP contribution is 2.57. The predicted molar refractivity (Wildman–Crippen MR) is 141 cm³/mol. The molecule has 3 unspecified atom stereocenters. The molecule has 1 fully saturated rings. The Morgan fingerprint density at radius 2 is 1.74 bits per heavy atom. The first kappa shape index (κ1) is 30.4. The Morgan fingerprint density at radius 1 is 1.07 bits per heavy atom. The van der Waals surface area contributed by atoms with Gasteiger partial charge in [0.1, 0.15) is 5.75 Å². The molecule has 4 aromatic rings. The molecule has 0 spiro atoms. The Morgan fingerprint density at radius 3 is 2.35 bits per heavy atom. The van der Waals surface area contributed by atoms with Gasteiger partial charge < -0.3 is 14.6 Å². The van der Waals surface area contributed by atoms with E-state index in [2.05, 4.69) is 4.98 Å². The van der Waals surface area contributed by atoms with Crippen LogP contribution in [0.15, 0.2) is 53.5 Å². The summed E-state index contributed by atoms with van der Waals surface area (Å²) in [5.74, 6) is -4.53. The zero-order valence-corrected chi connectivity index (χ0v) is 23.3. The van der Waals surface area contributed by atoms with Crippen LogP contribution in [0.1, 0.15) is 39.9 Å². The van der Waals surface area contributed by atoms with Crippen LogP contribution >= 0.6 is 11.6 Å². The summed E-state index contributed by atoms with van der Waals surface area (Å²) in [6, 6.07) is 8.33. The van der Waals surface area contributed by atoms with Gasteiger partial charge in [0.25, 0.3) is 0 Å². The number of alkyl halides is 6. The molecule has 0 saturated carbocycles. The van der Waals surface area contributed by atoms with Crippen molar-refractivity contribution in [1.29, 1.82) is 0 Å². The third-order valence-electron chi connectivity index (χ3n) is 7.87. The number of hydrogen-bond donors (Lipinski definition) is 1. The van der Waals surface area contributed by atoms with Crippen molar-refractivity contribution in [3.63, 3.8) is 0 Å². The largest absolute Gasteiger partial charge is 0.478 e. The fourth-order valence-electron chi connectivity index (χ4n) is 5.62. The molecule has 2 aromatic carbocycles. The van der Waals surface area contributed by atoms with E-state index in [0.717, 1.165) is 0 Å². The lowest BCUT2D eigenvalue weighted by Gasteiger charge is -2.36. The molecule has 0 radical (unpaired) electrons. The lowest BCUT2D eigenvalue weighted by Crippen LogP contribution is -2.46. The first-order chi connectivity index (χ1) is 20.0. The molecule has 2 aromatic heterocycles. The van der Waals surface area contributed by atoms with E-state index in [1.165, 1.54) is 66.6 Å². The Hall–Kier alpha value is -4.04. The van der Waals surface area contributed by atoms with Crippen molar-refractivity contribution in [1.82, 2.24) is 14.1 Å². The molecule has 5 rings (SSSR count). The van der Waals surface area contributed by atoms with E-state index in [4.69, 9.17) is 26.2 Å². The number of aryl methyl sites for hydroxylation is 2. The van der Waals surface area contributed by atoms with E-state index >= 15 is 0 Å². The maximum Gasteiger partial charge on any atom is 0.421 e. The summed E-state index contributed by atoms with van der Waals surface area (Å²) >= 11 is 6.45. The Labute approximate surface area is 244 Å². The molecule has 0 aliphatic carbocycles. The highest BCUT2D eigenvalue weighted by atomic mass is 35.5. The maximum absolute atomic E-state index is 14.9. The van der Waals surface area contributed by atoms with E-state index in [-0.39, 0.29) is 28.5 Å². The van der Waals surface area contributed by atoms with Gasteiger partial charge in [-0.1, -0.05) is 30.7 Å². The van der Waals surface area contributed by atoms with Gasteiger partial charge in [0.2, 0.25) is 5.88 Å². The average molecular weight is 630 g/mol. The smallest absolute Gasteiger partial charge is 0.421 e. The minimum atomic E-state index is -5.00. The van der Waals surface area contributed by atoms with Crippen LogP contribution in [0.2, 0.25) is 5.02 Å². The number of carboxylic acids is 1. The van der Waals surface area contributed by atoms with E-state index in [0.29, 0.717) is 23.3 Å². The number of fused-ring (bicyclic) bond motifs is 1. The van der Waals surface area contributed by atoms with Crippen molar-refractivity contribution < 1.29 is 45.7 Å². The van der Waals surface area contributed by atoms with Crippen LogP contribution in [0, 0.1) is 5.92 Å². The lowest BCUT2D eigenvalue weighted by molar-refractivity contribution is -0.281. The molecule has 8 nitrogen and oxygen atoms in total. The predicted octanol–water partition coefficient (Wildman–Crippen LogP) is 6.64. The number of benzene rings is 2. The van der Waals surface area contributed by atoms with E-state index < -0.39 is 58.5 Å². The van der Waals surface area contributed by atoms with Crippen LogP contribution in [0.4, 0.5) is 26.3 Å². The van der Waals surface area contributed by atoms with Gasteiger partial charge in [-0.25, -0.2) is 14.6 Å². The molecule has 1 aliphatic rings. The van der Waals surface area contributed by atoms with Gasteiger partial charge in [-0.05, 0) is 35.4 Å². The van der Waals surface area contributed by atoms with E-state index in [9.17, 15) is 35.9 Å². The van der Waals surface area contributed by atoms with Crippen LogP contribution in [0.25, 0.3) is 11.0 Å². The molecule has 1 aliphatic heterocycles. The number of pyridine rings is 1. The summed E-state index contributed by atoms with van der Waals surface area (Å²) < 4.78 is 98.2. The number of aromatic nitrogens is 3. The normalized spacial score (nSPS) is 21.0. The van der Waals surface area contributed by atoms with Gasteiger partial charge in [0.15, 0.2) is 5.60 Å². The molecule has 0 bridgehead atoms. The van der Waals surface area contributed by atoms with E-state index in [1.54, 1.807) is 0 Å². The first-order valence-corrected chi connectivity index (χ1v) is 13.0. The summed E-state index contributed by atoms with van der Waals surface area (Å²) in [5.41, 5.74) is -4.83. The van der Waals surface area contributed by atoms with Crippen LogP contribution in [-0.4, -0.2) is 38.0 Å². The Balaban J connectivity index is 1.48. The van der Waals surface area contributed by atoms with Gasteiger partial charge in [-0.2, -0.15) is 26.3 Å². The summed E-state index contributed by atoms with van der Waals surface area (Å²) in [4.78, 5) is 27.1. The summed E-state index contributed by atoms with van der Waals surface area (Å²) in [6.45, 7) is 1.02. The molecular formula is C28H22ClF6N3O5. The minimum absolute atomic E-state index is 0.0324. The summed E-state index contributed by atoms with van der Waals surface area (Å²) in [6.07, 6.45) is -9.35. The third kappa shape index (κ3) is 4.91. The SMILES string of the molecule is CC1C(c2ccc(Oc3cc(C(F)(F)F)c(C(=O)O)cn3)cc2Cl)COC1(c1ccc2c(c1)n(C)c(=O)n2C)C(F)(F)F. The molecule has 0 amide bonds. The van der Waals surface area contributed by atoms with Crippen LogP contribution in [-0.2, 0) is 30.6 Å². The Bertz CT molecular complexity index is 1820. The van der Waals surface area contributed by atoms with Crippen molar-refractivity contribution >= 4 is 28.6 Å². The second kappa shape index (κ2) is 10.3. The molecule has 3 atom stereocenters. The highest BCUT2D eigenvalue weighted by molar-refractivity contribution is 6.31. The fourth-order valence-corrected chi connectivity index (χ4v) is 5.93. The Kier molecular flexibility index (Phi) is 7.29. The molecule has 1 N–H and O–H groups in total. The summed E-state index contributed by atoms with van der Waals surface area (Å²) in [7, 11) is 2.97. The van der Waals surface area contributed by atoms with Gasteiger partial charge in [0, 0.05) is 43.2 Å². The number of aromatic carboxylic acids is 1. The molecule has 43 heavy (non-hydrogen) atoms. The van der Waals surface area contributed by atoms with Crippen LogP contribution in [0.5, 0.6) is 11.6 Å². The number of carboxylic acid groups (broad SMARTS) is 1. The molecule has 15 heteroatoms. The number of imidazole rings is 1. The zero-order chi connectivity index (χ0) is 31.6. The fraction of sp³-hybridized carbons (Fsp3) is 0.321. The standard InChI is InChI=1S/C28H22ClF6N3O5/c1-13-18(12-42-26(13,28(33,34)35)14-4-7-21-22(8-14)38(3)25(41)37(21)2)16-6-5-15(9-20(16)29)43-23-10-19(27(30,31)32)17(11-36-23)24(39)40/h4-11,13,18H,12H2,1-3H3,(H,39,40). The van der Waals surface area contributed by atoms with Crippen LogP contribution < -0.4 is 10.4 Å². The second-order valence-electron chi connectivity index (χ2n) is 10.2. The molecule has 1 saturated heterocycles.